The van der Waals surface area contributed by atoms with Gasteiger partial charge in [0.1, 0.15) is 17.2 Å². The van der Waals surface area contributed by atoms with Crippen LogP contribution in [0.25, 0.3) is 0 Å². The molecule has 0 spiro atoms. The number of hydrogen-bond donors (Lipinski definition) is 1. The molecule has 0 unspecified atom stereocenters. The molecule has 0 heterocycles. The van der Waals surface area contributed by atoms with Crippen molar-refractivity contribution >= 4 is 23.9 Å². The first-order valence-electron chi connectivity index (χ1n) is 11.3. The molecule has 3 rings (SSSR count). The van der Waals surface area contributed by atoms with Crippen molar-refractivity contribution in [2.24, 2.45) is 0 Å². The highest BCUT2D eigenvalue weighted by molar-refractivity contribution is 5.93. The number of hydrogen-bond acceptors (Lipinski definition) is 8. The maximum atomic E-state index is 12.4. The quantitative estimate of drug-likeness (QED) is 0.161. The summed E-state index contributed by atoms with van der Waals surface area (Å²) in [6.45, 7) is 4.05. The van der Waals surface area contributed by atoms with Crippen LogP contribution in [0.1, 0.15) is 43.9 Å². The molecule has 190 valence electrons. The topological polar surface area (TPSA) is 125 Å². The molecular formula is C28H24O9. The molecule has 0 radical (unpaired) electrons. The second-order valence-corrected chi connectivity index (χ2v) is 7.58. The Morgan fingerprint density at radius 1 is 0.649 bits per heavy atom. The minimum absolute atomic E-state index is 0.0776. The SMILES string of the molecule is C=CC(=O)OCCCCOc1ccc(C(=O)Oc2ccc(C(=O)Oc3ccc(C(=O)O)cc3)cc2)cc1. The number of carboxylic acids is 1. The molecule has 1 N–H and O–H groups in total. The minimum Gasteiger partial charge on any atom is -0.494 e. The Morgan fingerprint density at radius 2 is 1.08 bits per heavy atom. The Morgan fingerprint density at radius 3 is 1.54 bits per heavy atom. The van der Waals surface area contributed by atoms with Crippen molar-refractivity contribution in [2.75, 3.05) is 13.2 Å². The second kappa shape index (κ2) is 13.2. The van der Waals surface area contributed by atoms with Gasteiger partial charge in [-0.05, 0) is 85.6 Å². The van der Waals surface area contributed by atoms with Gasteiger partial charge in [0.25, 0.3) is 0 Å². The van der Waals surface area contributed by atoms with Gasteiger partial charge in [-0.15, -0.1) is 0 Å². The molecular weight excluding hydrogens is 480 g/mol. The molecule has 0 aliphatic carbocycles. The molecule has 0 atom stereocenters. The molecule has 0 fully saturated rings. The Hall–Kier alpha value is -4.92. The molecule has 9 heteroatoms. The van der Waals surface area contributed by atoms with Crippen LogP contribution in [0.4, 0.5) is 0 Å². The van der Waals surface area contributed by atoms with Crippen LogP contribution in [0.5, 0.6) is 17.2 Å². The van der Waals surface area contributed by atoms with E-state index >= 15 is 0 Å². The third kappa shape index (κ3) is 8.36. The average Bonchev–Trinajstić information content (AvgIpc) is 2.91. The van der Waals surface area contributed by atoms with E-state index in [1.807, 2.05) is 0 Å². The molecule has 0 aromatic heterocycles. The van der Waals surface area contributed by atoms with Gasteiger partial charge in [-0.25, -0.2) is 19.2 Å². The number of ether oxygens (including phenoxy) is 4. The van der Waals surface area contributed by atoms with Crippen molar-refractivity contribution in [1.82, 2.24) is 0 Å². The Kier molecular flexibility index (Phi) is 9.55. The van der Waals surface area contributed by atoms with Crippen LogP contribution >= 0.6 is 0 Å². The number of aromatic carboxylic acids is 1. The molecule has 0 aliphatic rings. The molecule has 0 saturated heterocycles. The van der Waals surface area contributed by atoms with Gasteiger partial charge < -0.3 is 24.1 Å². The van der Waals surface area contributed by atoms with Gasteiger partial charge in [0.2, 0.25) is 0 Å². The predicted molar refractivity (Wildman–Crippen MR) is 132 cm³/mol. The summed E-state index contributed by atoms with van der Waals surface area (Å²) in [4.78, 5) is 46.6. The summed E-state index contributed by atoms with van der Waals surface area (Å²) in [5, 5.41) is 8.92. The Balaban J connectivity index is 1.45. The van der Waals surface area contributed by atoms with E-state index in [0.29, 0.717) is 37.4 Å². The highest BCUT2D eigenvalue weighted by Gasteiger charge is 2.12. The highest BCUT2D eigenvalue weighted by atomic mass is 16.5. The van der Waals surface area contributed by atoms with Crippen molar-refractivity contribution in [3.8, 4) is 17.2 Å². The number of carbonyl (C=O) groups excluding carboxylic acids is 3. The van der Waals surface area contributed by atoms with Crippen molar-refractivity contribution in [1.29, 1.82) is 0 Å². The summed E-state index contributed by atoms with van der Waals surface area (Å²) in [6, 6.07) is 17.7. The van der Waals surface area contributed by atoms with Crippen LogP contribution in [0.15, 0.2) is 85.5 Å². The first kappa shape index (κ1) is 26.7. The molecule has 37 heavy (non-hydrogen) atoms. The molecule has 0 amide bonds. The fourth-order valence-corrected chi connectivity index (χ4v) is 2.97. The average molecular weight is 504 g/mol. The van der Waals surface area contributed by atoms with Crippen molar-refractivity contribution in [3.63, 3.8) is 0 Å². The molecule has 3 aromatic carbocycles. The standard InChI is InChI=1S/C28H24O9/c1-2-25(29)35-18-4-3-17-34-22-11-7-20(8-12-22)27(32)37-24-15-9-21(10-16-24)28(33)36-23-13-5-19(6-14-23)26(30)31/h2,5-16H,1,3-4,17-18H2,(H,30,31). The smallest absolute Gasteiger partial charge is 0.343 e. The fraction of sp³-hybridized carbons (Fsp3) is 0.143. The van der Waals surface area contributed by atoms with E-state index in [2.05, 4.69) is 6.58 Å². The van der Waals surface area contributed by atoms with Crippen LogP contribution in [-0.4, -0.2) is 42.2 Å². The predicted octanol–water partition coefficient (Wildman–Crippen LogP) is 4.71. The first-order valence-corrected chi connectivity index (χ1v) is 11.3. The van der Waals surface area contributed by atoms with Gasteiger partial charge in [0, 0.05) is 6.08 Å². The maximum absolute atomic E-state index is 12.4. The number of unbranched alkanes of at least 4 members (excludes halogenated alkanes) is 1. The monoisotopic (exact) mass is 504 g/mol. The molecule has 0 saturated carbocycles. The zero-order valence-corrected chi connectivity index (χ0v) is 19.8. The van der Waals surface area contributed by atoms with Crippen LogP contribution in [-0.2, 0) is 9.53 Å². The lowest BCUT2D eigenvalue weighted by Crippen LogP contribution is -2.10. The van der Waals surface area contributed by atoms with Gasteiger partial charge in [-0.1, -0.05) is 6.58 Å². The van der Waals surface area contributed by atoms with Crippen molar-refractivity contribution in [3.05, 3.63) is 102 Å². The van der Waals surface area contributed by atoms with Crippen molar-refractivity contribution in [2.45, 2.75) is 12.8 Å². The number of esters is 3. The lowest BCUT2D eigenvalue weighted by Gasteiger charge is -2.08. The van der Waals surface area contributed by atoms with E-state index in [-0.39, 0.29) is 22.6 Å². The summed E-state index contributed by atoms with van der Waals surface area (Å²) < 4.78 is 21.1. The molecule has 9 nitrogen and oxygen atoms in total. The summed E-state index contributed by atoms with van der Waals surface area (Å²) in [5.41, 5.74) is 0.619. The Labute approximate surface area is 212 Å². The van der Waals surface area contributed by atoms with Crippen molar-refractivity contribution < 1.29 is 43.2 Å². The number of benzene rings is 3. The summed E-state index contributed by atoms with van der Waals surface area (Å²) in [6.07, 6.45) is 2.46. The third-order valence-electron chi connectivity index (χ3n) is 4.92. The van der Waals surface area contributed by atoms with Gasteiger partial charge in [0.05, 0.1) is 29.9 Å². The molecule has 0 bridgehead atoms. The highest BCUT2D eigenvalue weighted by Crippen LogP contribution is 2.19. The Bertz CT molecular complexity index is 1240. The van der Waals surface area contributed by atoms with E-state index in [0.717, 1.165) is 6.08 Å². The second-order valence-electron chi connectivity index (χ2n) is 7.58. The number of rotatable bonds is 12. The van der Waals surface area contributed by atoms with Crippen LogP contribution in [0, 0.1) is 0 Å². The number of carbonyl (C=O) groups is 4. The van der Waals surface area contributed by atoms with E-state index in [9.17, 15) is 19.2 Å². The van der Waals surface area contributed by atoms with E-state index < -0.39 is 23.9 Å². The zero-order chi connectivity index (χ0) is 26.6. The summed E-state index contributed by atoms with van der Waals surface area (Å²) in [7, 11) is 0. The normalized spacial score (nSPS) is 10.2. The lowest BCUT2D eigenvalue weighted by atomic mass is 10.2. The van der Waals surface area contributed by atoms with E-state index in [1.165, 1.54) is 48.5 Å². The largest absolute Gasteiger partial charge is 0.494 e. The van der Waals surface area contributed by atoms with Gasteiger partial charge in [-0.3, -0.25) is 0 Å². The lowest BCUT2D eigenvalue weighted by molar-refractivity contribution is -0.137. The molecule has 3 aromatic rings. The van der Waals surface area contributed by atoms with E-state index in [4.69, 9.17) is 24.1 Å². The summed E-state index contributed by atoms with van der Waals surface area (Å²) >= 11 is 0. The fourth-order valence-electron chi connectivity index (χ4n) is 2.97. The van der Waals surface area contributed by atoms with Gasteiger partial charge >= 0.3 is 23.9 Å². The third-order valence-corrected chi connectivity index (χ3v) is 4.92. The number of carboxylic acid groups (broad SMARTS) is 1. The van der Waals surface area contributed by atoms with Gasteiger partial charge in [0.15, 0.2) is 0 Å². The maximum Gasteiger partial charge on any atom is 0.343 e. The minimum atomic E-state index is -1.08. The van der Waals surface area contributed by atoms with Crippen LogP contribution in [0.3, 0.4) is 0 Å². The van der Waals surface area contributed by atoms with E-state index in [1.54, 1.807) is 24.3 Å². The zero-order valence-electron chi connectivity index (χ0n) is 19.8. The summed E-state index contributed by atoms with van der Waals surface area (Å²) in [5.74, 6) is -1.73. The van der Waals surface area contributed by atoms with Gasteiger partial charge in [-0.2, -0.15) is 0 Å². The van der Waals surface area contributed by atoms with Crippen LogP contribution < -0.4 is 14.2 Å². The molecule has 0 aliphatic heterocycles. The van der Waals surface area contributed by atoms with Crippen LogP contribution in [0.2, 0.25) is 0 Å². The first-order chi connectivity index (χ1) is 17.9.